The molecule has 1 N–H and O–H groups in total. The minimum atomic E-state index is -1.73. The van der Waals surface area contributed by atoms with E-state index in [4.69, 9.17) is 16.0 Å². The second-order valence-corrected chi connectivity index (χ2v) is 14.4. The average molecular weight is 409 g/mol. The fraction of sp³-hybridized carbons (Fsp3) is 0.773. The third kappa shape index (κ3) is 4.14. The summed E-state index contributed by atoms with van der Waals surface area (Å²) in [6.45, 7) is 14.7. The minimum absolute atomic E-state index is 0.0250. The number of aromatic nitrogens is 1. The van der Waals surface area contributed by atoms with Crippen molar-refractivity contribution in [3.05, 3.63) is 28.5 Å². The maximum absolute atomic E-state index is 6.94. The molecule has 0 amide bonds. The van der Waals surface area contributed by atoms with Crippen molar-refractivity contribution in [1.29, 1.82) is 0 Å². The number of aryl methyl sites for hydroxylation is 1. The predicted molar refractivity (Wildman–Crippen MR) is 117 cm³/mol. The number of pyridine rings is 1. The highest BCUT2D eigenvalue weighted by Crippen LogP contribution is 2.66. The molecule has 3 nitrogen and oxygen atoms in total. The van der Waals surface area contributed by atoms with E-state index in [1.807, 2.05) is 6.20 Å². The molecule has 4 atom stereocenters. The summed E-state index contributed by atoms with van der Waals surface area (Å²) >= 11 is 6.59. The molecule has 0 aliphatic heterocycles. The van der Waals surface area contributed by atoms with E-state index in [1.165, 1.54) is 12.8 Å². The van der Waals surface area contributed by atoms with Crippen LogP contribution in [-0.4, -0.2) is 25.9 Å². The highest BCUT2D eigenvalue weighted by molar-refractivity contribution is 6.73. The molecule has 2 unspecified atom stereocenters. The van der Waals surface area contributed by atoms with Gasteiger partial charge in [-0.05, 0) is 60.7 Å². The lowest BCUT2D eigenvalue weighted by Gasteiger charge is -2.35. The van der Waals surface area contributed by atoms with Crippen molar-refractivity contribution in [2.24, 2.45) is 17.3 Å². The maximum Gasteiger partial charge on any atom is 0.192 e. The molecule has 1 heterocycles. The van der Waals surface area contributed by atoms with Gasteiger partial charge in [-0.15, -0.1) is 0 Å². The minimum Gasteiger partial charge on any atom is -0.409 e. The Morgan fingerprint density at radius 3 is 2.30 bits per heavy atom. The number of rotatable bonds is 9. The van der Waals surface area contributed by atoms with Gasteiger partial charge in [0.1, 0.15) is 0 Å². The van der Waals surface area contributed by atoms with E-state index in [-0.39, 0.29) is 6.10 Å². The van der Waals surface area contributed by atoms with Crippen LogP contribution in [0.4, 0.5) is 0 Å². The summed E-state index contributed by atoms with van der Waals surface area (Å²) in [5.41, 5.74) is 2.85. The summed E-state index contributed by atoms with van der Waals surface area (Å²) in [6.07, 6.45) is 6.33. The molecule has 5 heteroatoms. The van der Waals surface area contributed by atoms with Gasteiger partial charge in [-0.1, -0.05) is 46.2 Å². The molecule has 2 saturated carbocycles. The molecule has 2 aliphatic carbocycles. The van der Waals surface area contributed by atoms with Gasteiger partial charge in [0.2, 0.25) is 0 Å². The zero-order valence-corrected chi connectivity index (χ0v) is 19.7. The van der Waals surface area contributed by atoms with Crippen molar-refractivity contribution in [3.8, 4) is 0 Å². The molecular formula is C22H37ClN2OSi. The molecule has 2 aliphatic rings. The molecule has 0 aromatic carbocycles. The molecule has 1 aromatic rings. The standard InChI is InChI=1S/C22H37ClN2OSi/c1-7-27(8-2,9-3)26-20(21-15(4)12-24-13-19(21)23)14-25-16-10-17-18(11-16)22(17,5)6/h12-13,16-18,20,25H,7-11,14H2,1-6H3/t16?,17-,18+,20?. The summed E-state index contributed by atoms with van der Waals surface area (Å²) < 4.78 is 6.94. The van der Waals surface area contributed by atoms with Crippen molar-refractivity contribution < 1.29 is 4.43 Å². The quantitative estimate of drug-likeness (QED) is 0.499. The number of hydrogen-bond donors (Lipinski definition) is 1. The molecule has 0 bridgehead atoms. The highest BCUT2D eigenvalue weighted by atomic mass is 35.5. The smallest absolute Gasteiger partial charge is 0.192 e. The van der Waals surface area contributed by atoms with Gasteiger partial charge in [0.25, 0.3) is 0 Å². The second kappa shape index (κ2) is 8.14. The Balaban J connectivity index is 1.74. The van der Waals surface area contributed by atoms with Gasteiger partial charge in [-0.25, -0.2) is 0 Å². The Hall–Kier alpha value is -0.423. The second-order valence-electron chi connectivity index (χ2n) is 9.31. The Morgan fingerprint density at radius 2 is 1.78 bits per heavy atom. The Bertz CT molecular complexity index is 619. The van der Waals surface area contributed by atoms with E-state index in [9.17, 15) is 0 Å². The fourth-order valence-electron chi connectivity index (χ4n) is 5.40. The third-order valence-electron chi connectivity index (χ3n) is 7.74. The van der Waals surface area contributed by atoms with Crippen LogP contribution < -0.4 is 5.32 Å². The van der Waals surface area contributed by atoms with Crippen LogP contribution >= 0.6 is 11.6 Å². The Kier molecular flexibility index (Phi) is 6.41. The van der Waals surface area contributed by atoms with Gasteiger partial charge in [0, 0.05) is 30.5 Å². The van der Waals surface area contributed by atoms with Crippen LogP contribution in [0, 0.1) is 24.2 Å². The molecule has 1 aromatic heterocycles. The van der Waals surface area contributed by atoms with E-state index in [0.29, 0.717) is 11.5 Å². The molecule has 0 saturated heterocycles. The van der Waals surface area contributed by atoms with Crippen LogP contribution in [0.5, 0.6) is 0 Å². The van der Waals surface area contributed by atoms with Crippen molar-refractivity contribution in [2.45, 2.75) is 84.7 Å². The van der Waals surface area contributed by atoms with E-state index in [1.54, 1.807) is 6.20 Å². The number of fused-ring (bicyclic) bond motifs is 1. The number of nitrogens with one attached hydrogen (secondary N) is 1. The highest BCUT2D eigenvalue weighted by Gasteiger charge is 2.61. The molecule has 3 rings (SSSR count). The van der Waals surface area contributed by atoms with E-state index >= 15 is 0 Å². The largest absolute Gasteiger partial charge is 0.409 e. The van der Waals surface area contributed by atoms with Gasteiger partial charge in [0.15, 0.2) is 8.32 Å². The lowest BCUT2D eigenvalue weighted by atomic mass is 9.97. The van der Waals surface area contributed by atoms with Gasteiger partial charge in [-0.3, -0.25) is 4.98 Å². The van der Waals surface area contributed by atoms with Crippen molar-refractivity contribution in [1.82, 2.24) is 10.3 Å². The molecule has 152 valence electrons. The lowest BCUT2D eigenvalue weighted by molar-refractivity contribution is 0.178. The summed E-state index contributed by atoms with van der Waals surface area (Å²) in [4.78, 5) is 4.26. The van der Waals surface area contributed by atoms with Crippen LogP contribution in [-0.2, 0) is 4.43 Å². The average Bonchev–Trinajstić information content (AvgIpc) is 3.00. The first-order valence-corrected chi connectivity index (χ1v) is 13.7. The van der Waals surface area contributed by atoms with Crippen LogP contribution in [0.1, 0.15) is 64.7 Å². The molecule has 0 spiro atoms. The van der Waals surface area contributed by atoms with Crippen molar-refractivity contribution in [2.75, 3.05) is 6.54 Å². The first-order valence-electron chi connectivity index (χ1n) is 10.8. The zero-order valence-electron chi connectivity index (χ0n) is 17.9. The van der Waals surface area contributed by atoms with Gasteiger partial charge < -0.3 is 9.74 Å². The van der Waals surface area contributed by atoms with E-state index in [0.717, 1.165) is 52.7 Å². The zero-order chi connectivity index (χ0) is 19.8. The van der Waals surface area contributed by atoms with Crippen molar-refractivity contribution in [3.63, 3.8) is 0 Å². The molecule has 27 heavy (non-hydrogen) atoms. The third-order valence-corrected chi connectivity index (χ3v) is 12.7. The van der Waals surface area contributed by atoms with Gasteiger partial charge in [0.05, 0.1) is 11.1 Å². The number of nitrogens with zero attached hydrogens (tertiary/aromatic N) is 1. The Morgan fingerprint density at radius 1 is 1.19 bits per heavy atom. The normalized spacial score (nSPS) is 27.4. The van der Waals surface area contributed by atoms with Gasteiger partial charge in [-0.2, -0.15) is 0 Å². The van der Waals surface area contributed by atoms with Crippen LogP contribution in [0.3, 0.4) is 0 Å². The summed E-state index contributed by atoms with van der Waals surface area (Å²) in [5, 5.41) is 4.59. The van der Waals surface area contributed by atoms with E-state index < -0.39 is 8.32 Å². The van der Waals surface area contributed by atoms with Gasteiger partial charge >= 0.3 is 0 Å². The first-order chi connectivity index (χ1) is 12.8. The van der Waals surface area contributed by atoms with Crippen LogP contribution in [0.2, 0.25) is 23.2 Å². The lowest BCUT2D eigenvalue weighted by Crippen LogP contribution is -2.41. The predicted octanol–water partition coefficient (Wildman–Crippen LogP) is 6.13. The van der Waals surface area contributed by atoms with E-state index in [2.05, 4.69) is 51.8 Å². The Labute approximate surface area is 171 Å². The number of hydrogen-bond acceptors (Lipinski definition) is 3. The topological polar surface area (TPSA) is 34.1 Å². The number of halogens is 1. The van der Waals surface area contributed by atoms with Crippen LogP contribution in [0.25, 0.3) is 0 Å². The summed E-state index contributed by atoms with van der Waals surface area (Å²) in [6, 6.07) is 4.08. The molecular weight excluding hydrogens is 372 g/mol. The van der Waals surface area contributed by atoms with Crippen LogP contribution in [0.15, 0.2) is 12.4 Å². The summed E-state index contributed by atoms with van der Waals surface area (Å²) in [5.74, 6) is 1.83. The molecule has 2 fully saturated rings. The SMILES string of the molecule is CC[Si](CC)(CC)OC(CNC1C[C@@H]2[C@H](C1)C2(C)C)c1c(C)cncc1Cl. The molecule has 0 radical (unpaired) electrons. The summed E-state index contributed by atoms with van der Waals surface area (Å²) in [7, 11) is -1.73. The van der Waals surface area contributed by atoms with Crippen molar-refractivity contribution >= 4 is 19.9 Å². The fourth-order valence-corrected chi connectivity index (χ4v) is 8.53. The maximum atomic E-state index is 6.94. The first kappa shape index (κ1) is 21.3. The monoisotopic (exact) mass is 408 g/mol.